The van der Waals surface area contributed by atoms with Crippen molar-refractivity contribution in [3.8, 4) is 16.9 Å². The fourth-order valence-electron chi connectivity index (χ4n) is 5.22. The number of ether oxygens (including phenoxy) is 2. The first kappa shape index (κ1) is 24.4. The van der Waals surface area contributed by atoms with Crippen molar-refractivity contribution in [2.45, 2.75) is 38.3 Å². The molecule has 1 unspecified atom stereocenters. The highest BCUT2D eigenvalue weighted by molar-refractivity contribution is 5.87. The number of rotatable bonds is 8. The quantitative estimate of drug-likeness (QED) is 0.322. The molecule has 2 N–H and O–H groups in total. The van der Waals surface area contributed by atoms with Crippen LogP contribution in [0.5, 0.6) is 5.75 Å². The third kappa shape index (κ3) is 4.65. The van der Waals surface area contributed by atoms with E-state index in [4.69, 9.17) is 9.47 Å². The molecule has 37 heavy (non-hydrogen) atoms. The number of carbonyl (C=O) groups excluding carboxylic acids is 1. The highest BCUT2D eigenvalue weighted by Crippen LogP contribution is 2.44. The summed E-state index contributed by atoms with van der Waals surface area (Å²) in [6, 6.07) is 20.9. The molecule has 0 saturated heterocycles. The number of nitrogens with one attached hydrogen (secondary N) is 1. The summed E-state index contributed by atoms with van der Waals surface area (Å²) in [5.41, 5.74) is 6.26. The van der Waals surface area contributed by atoms with Crippen LogP contribution in [0, 0.1) is 0 Å². The van der Waals surface area contributed by atoms with Gasteiger partial charge in [0.25, 0.3) is 0 Å². The van der Waals surface area contributed by atoms with E-state index in [1.807, 2.05) is 60.8 Å². The molecular formula is C30H30N2O5. The van der Waals surface area contributed by atoms with E-state index >= 15 is 0 Å². The molecule has 0 saturated carbocycles. The normalized spacial score (nSPS) is 13.3. The lowest BCUT2D eigenvalue weighted by atomic mass is 9.98. The van der Waals surface area contributed by atoms with Crippen molar-refractivity contribution in [3.63, 3.8) is 0 Å². The van der Waals surface area contributed by atoms with Gasteiger partial charge in [-0.3, -0.25) is 0 Å². The van der Waals surface area contributed by atoms with Gasteiger partial charge in [-0.1, -0.05) is 48.5 Å². The van der Waals surface area contributed by atoms with Crippen LogP contribution >= 0.6 is 0 Å². The summed E-state index contributed by atoms with van der Waals surface area (Å²) in [4.78, 5) is 24.9. The van der Waals surface area contributed by atoms with Gasteiger partial charge in [0.1, 0.15) is 18.4 Å². The number of carboxylic acid groups (broad SMARTS) is 1. The van der Waals surface area contributed by atoms with Crippen LogP contribution in [0.1, 0.15) is 42.5 Å². The summed E-state index contributed by atoms with van der Waals surface area (Å²) < 4.78 is 13.1. The minimum absolute atomic E-state index is 0.0992. The lowest BCUT2D eigenvalue weighted by Gasteiger charge is -2.17. The smallest absolute Gasteiger partial charge is 0.407 e. The predicted octanol–water partition coefficient (Wildman–Crippen LogP) is 5.77. The number of hydrogen-bond acceptors (Lipinski definition) is 4. The van der Waals surface area contributed by atoms with Crippen LogP contribution in [0.25, 0.3) is 22.0 Å². The predicted molar refractivity (Wildman–Crippen MR) is 142 cm³/mol. The number of carboxylic acids is 1. The van der Waals surface area contributed by atoms with Crippen molar-refractivity contribution < 1.29 is 24.2 Å². The first-order chi connectivity index (χ1) is 17.9. The molecule has 5 rings (SSSR count). The Bertz CT molecular complexity index is 1430. The number of alkyl carbamates (subject to hydrolysis) is 1. The summed E-state index contributed by atoms with van der Waals surface area (Å²) in [7, 11) is 1.60. The van der Waals surface area contributed by atoms with E-state index in [2.05, 4.69) is 35.9 Å². The Morgan fingerprint density at radius 1 is 1.00 bits per heavy atom. The largest absolute Gasteiger partial charge is 0.497 e. The van der Waals surface area contributed by atoms with Gasteiger partial charge in [-0.05, 0) is 59.9 Å². The van der Waals surface area contributed by atoms with E-state index in [-0.39, 0.29) is 25.0 Å². The Morgan fingerprint density at radius 2 is 1.65 bits per heavy atom. The maximum Gasteiger partial charge on any atom is 0.407 e. The molecule has 1 aliphatic carbocycles. The second-order valence-electron chi connectivity index (χ2n) is 9.60. The molecule has 0 radical (unpaired) electrons. The number of hydrogen-bond donors (Lipinski definition) is 2. The Labute approximate surface area is 215 Å². The van der Waals surface area contributed by atoms with Crippen LogP contribution in [0.4, 0.5) is 4.79 Å². The van der Waals surface area contributed by atoms with Crippen LogP contribution in [-0.2, 0) is 16.0 Å². The molecule has 4 aromatic rings. The number of fused-ring (bicyclic) bond motifs is 4. The van der Waals surface area contributed by atoms with Crippen LogP contribution in [0.3, 0.4) is 0 Å². The molecule has 1 aromatic heterocycles. The second kappa shape index (κ2) is 10.0. The average Bonchev–Trinajstić information content (AvgIpc) is 3.42. The van der Waals surface area contributed by atoms with Gasteiger partial charge in [0.2, 0.25) is 0 Å². The lowest BCUT2D eigenvalue weighted by Crippen LogP contribution is -2.42. The molecule has 0 bridgehead atoms. The molecule has 1 amide bonds. The summed E-state index contributed by atoms with van der Waals surface area (Å²) >= 11 is 0. The maximum absolute atomic E-state index is 12.8. The van der Waals surface area contributed by atoms with Crippen LogP contribution in [-0.4, -0.2) is 41.5 Å². The third-order valence-electron chi connectivity index (χ3n) is 7.04. The minimum atomic E-state index is -1.15. The average molecular weight is 499 g/mol. The van der Waals surface area contributed by atoms with E-state index in [1.54, 1.807) is 7.11 Å². The molecule has 0 fully saturated rings. The van der Waals surface area contributed by atoms with E-state index in [0.29, 0.717) is 5.75 Å². The van der Waals surface area contributed by atoms with Gasteiger partial charge in [-0.15, -0.1) is 0 Å². The topological polar surface area (TPSA) is 89.8 Å². The summed E-state index contributed by atoms with van der Waals surface area (Å²) in [6.07, 6.45) is 1.31. The number of benzene rings is 3. The standard InChI is InChI=1S/C30H30N2O5/c1-18(2)32-16-19(25-15-20(36-3)12-13-28(25)32)14-27(29(33)34)31-30(35)37-17-26-23-10-6-4-8-21(23)22-9-5-7-11-24(22)26/h4-13,15-16,18,26-27H,14,17H2,1-3H3,(H,31,35)(H,33,34). The second-order valence-corrected chi connectivity index (χ2v) is 9.60. The Kier molecular flexibility index (Phi) is 6.61. The number of amides is 1. The Morgan fingerprint density at radius 3 is 2.24 bits per heavy atom. The van der Waals surface area contributed by atoms with Crippen molar-refractivity contribution in [1.29, 1.82) is 0 Å². The number of methoxy groups -OCH3 is 1. The number of aliphatic carboxylic acids is 1. The number of aromatic nitrogens is 1. The van der Waals surface area contributed by atoms with Gasteiger partial charge < -0.3 is 24.5 Å². The third-order valence-corrected chi connectivity index (χ3v) is 7.04. The molecular weight excluding hydrogens is 468 g/mol. The molecule has 3 aromatic carbocycles. The van der Waals surface area contributed by atoms with Gasteiger partial charge in [0.05, 0.1) is 7.11 Å². The monoisotopic (exact) mass is 498 g/mol. The zero-order chi connectivity index (χ0) is 26.1. The van der Waals surface area contributed by atoms with Crippen LogP contribution in [0.2, 0.25) is 0 Å². The van der Waals surface area contributed by atoms with E-state index in [0.717, 1.165) is 38.7 Å². The maximum atomic E-state index is 12.8. The van der Waals surface area contributed by atoms with Crippen LogP contribution < -0.4 is 10.1 Å². The van der Waals surface area contributed by atoms with Crippen molar-refractivity contribution in [1.82, 2.24) is 9.88 Å². The molecule has 1 atom stereocenters. The van der Waals surface area contributed by atoms with E-state index in [9.17, 15) is 14.7 Å². The van der Waals surface area contributed by atoms with E-state index in [1.165, 1.54) is 0 Å². The van der Waals surface area contributed by atoms with E-state index < -0.39 is 18.1 Å². The molecule has 0 spiro atoms. The van der Waals surface area contributed by atoms with Gasteiger partial charge in [-0.25, -0.2) is 9.59 Å². The van der Waals surface area contributed by atoms with Crippen molar-refractivity contribution in [3.05, 3.63) is 89.6 Å². The summed E-state index contributed by atoms with van der Waals surface area (Å²) in [6.45, 7) is 4.25. The molecule has 1 aliphatic rings. The fraction of sp³-hybridized carbons (Fsp3) is 0.267. The highest BCUT2D eigenvalue weighted by atomic mass is 16.5. The number of carbonyl (C=O) groups is 2. The van der Waals surface area contributed by atoms with Gasteiger partial charge in [0.15, 0.2) is 0 Å². The van der Waals surface area contributed by atoms with Crippen molar-refractivity contribution >= 4 is 23.0 Å². The first-order valence-electron chi connectivity index (χ1n) is 12.4. The molecule has 7 heteroatoms. The summed E-state index contributed by atoms with van der Waals surface area (Å²) in [5, 5.41) is 13.4. The molecule has 1 heterocycles. The van der Waals surface area contributed by atoms with Gasteiger partial charge >= 0.3 is 12.1 Å². The SMILES string of the molecule is COc1ccc2c(c1)c(CC(NC(=O)OCC1c3ccccc3-c3ccccc31)C(=O)O)cn2C(C)C. The van der Waals surface area contributed by atoms with Crippen molar-refractivity contribution in [2.24, 2.45) is 0 Å². The lowest BCUT2D eigenvalue weighted by molar-refractivity contribution is -0.139. The molecule has 0 aliphatic heterocycles. The van der Waals surface area contributed by atoms with Gasteiger partial charge in [0, 0.05) is 35.5 Å². The highest BCUT2D eigenvalue weighted by Gasteiger charge is 2.30. The van der Waals surface area contributed by atoms with Crippen LogP contribution in [0.15, 0.2) is 72.9 Å². The number of nitrogens with zero attached hydrogens (tertiary/aromatic N) is 1. The molecule has 7 nitrogen and oxygen atoms in total. The van der Waals surface area contributed by atoms with Crippen molar-refractivity contribution in [2.75, 3.05) is 13.7 Å². The fourth-order valence-corrected chi connectivity index (χ4v) is 5.22. The van der Waals surface area contributed by atoms with Gasteiger partial charge in [-0.2, -0.15) is 0 Å². The first-order valence-corrected chi connectivity index (χ1v) is 12.4. The Hall–Kier alpha value is -4.26. The Balaban J connectivity index is 1.33. The summed E-state index contributed by atoms with van der Waals surface area (Å²) in [5.74, 6) is -0.536. The zero-order valence-electron chi connectivity index (χ0n) is 21.1. The minimum Gasteiger partial charge on any atom is -0.497 e. The molecule has 190 valence electrons. The zero-order valence-corrected chi connectivity index (χ0v) is 21.1.